The second-order valence-corrected chi connectivity index (χ2v) is 13.8. The van der Waals surface area contributed by atoms with Crippen molar-refractivity contribution in [2.24, 2.45) is 0 Å². The minimum Gasteiger partial charge on any atom is -0.489 e. The smallest absolute Gasteiger partial charge is 0.203 e. The van der Waals surface area contributed by atoms with Crippen molar-refractivity contribution in [1.82, 2.24) is 0 Å². The van der Waals surface area contributed by atoms with E-state index < -0.39 is 6.10 Å². The maximum atomic E-state index is 14.2. The quantitative estimate of drug-likeness (QED) is 0.0972. The minimum absolute atomic E-state index is 0.0930. The number of hydrogen-bond acceptors (Lipinski definition) is 7. The van der Waals surface area contributed by atoms with Crippen LogP contribution in [0.1, 0.15) is 45.0 Å². The van der Waals surface area contributed by atoms with Crippen LogP contribution in [0.2, 0.25) is 0 Å². The van der Waals surface area contributed by atoms with E-state index in [-0.39, 0.29) is 32.0 Å². The Bertz CT molecular complexity index is 2300. The molecule has 0 amide bonds. The summed E-state index contributed by atoms with van der Waals surface area (Å²) in [5.41, 5.74) is 6.22. The van der Waals surface area contributed by atoms with E-state index in [0.29, 0.717) is 58.8 Å². The molecule has 0 fully saturated rings. The predicted octanol–water partition coefficient (Wildman–Crippen LogP) is 10.8. The molecule has 1 unspecified atom stereocenters. The predicted molar refractivity (Wildman–Crippen MR) is 219 cm³/mol. The van der Waals surface area contributed by atoms with Gasteiger partial charge in [0.2, 0.25) is 5.75 Å². The Morgan fingerprint density at radius 2 is 0.825 bits per heavy atom. The zero-order valence-corrected chi connectivity index (χ0v) is 31.4. The molecule has 284 valence electrons. The van der Waals surface area contributed by atoms with Crippen molar-refractivity contribution in [3.05, 3.63) is 215 Å². The van der Waals surface area contributed by atoms with Crippen molar-refractivity contribution >= 4 is 5.78 Å². The Morgan fingerprint density at radius 3 is 1.26 bits per heavy atom. The zero-order valence-electron chi connectivity index (χ0n) is 31.4. The minimum atomic E-state index is -0.967. The summed E-state index contributed by atoms with van der Waals surface area (Å²) in [6, 6.07) is 56.9. The average molecular weight is 755 g/mol. The lowest BCUT2D eigenvalue weighted by Crippen LogP contribution is -2.26. The van der Waals surface area contributed by atoms with Crippen LogP contribution in [0.5, 0.6) is 34.5 Å². The second kappa shape index (κ2) is 18.1. The lowest BCUT2D eigenvalue weighted by molar-refractivity contribution is -0.126. The van der Waals surface area contributed by atoms with Crippen LogP contribution in [0.25, 0.3) is 0 Å². The topological polar surface area (TPSA) is 72.5 Å². The number of carbonyl (C=O) groups is 1. The van der Waals surface area contributed by atoms with Crippen LogP contribution in [-0.2, 0) is 44.2 Å². The number of ether oxygens (including phenoxy) is 6. The molecule has 0 saturated heterocycles. The molecule has 1 aliphatic heterocycles. The van der Waals surface area contributed by atoms with E-state index in [1.807, 2.05) is 176 Å². The van der Waals surface area contributed by atoms with E-state index in [1.165, 1.54) is 0 Å². The molecule has 8 rings (SSSR count). The molecule has 57 heavy (non-hydrogen) atoms. The van der Waals surface area contributed by atoms with E-state index in [0.717, 1.165) is 27.8 Å². The fraction of sp³-hybridized carbons (Fsp3) is 0.140. The largest absolute Gasteiger partial charge is 0.489 e. The van der Waals surface area contributed by atoms with Gasteiger partial charge in [0.05, 0.1) is 0 Å². The molecular weight excluding hydrogens is 713 g/mol. The summed E-state index contributed by atoms with van der Waals surface area (Å²) in [6.07, 6.45) is -0.874. The highest BCUT2D eigenvalue weighted by Crippen LogP contribution is 2.46. The summed E-state index contributed by atoms with van der Waals surface area (Å²) >= 11 is 0. The Morgan fingerprint density at radius 1 is 0.439 bits per heavy atom. The lowest BCUT2D eigenvalue weighted by atomic mass is 9.94. The van der Waals surface area contributed by atoms with Crippen LogP contribution < -0.4 is 28.4 Å². The molecule has 7 aromatic rings. The molecule has 7 heteroatoms. The number of hydrogen-bond donors (Lipinski definition) is 0. The van der Waals surface area contributed by atoms with Gasteiger partial charge in [0.15, 0.2) is 23.4 Å². The van der Waals surface area contributed by atoms with Gasteiger partial charge in [-0.25, -0.2) is 0 Å². The molecule has 0 radical (unpaired) electrons. The zero-order chi connectivity index (χ0) is 38.7. The number of fused-ring (bicyclic) bond motifs is 1. The molecular formula is C50H42O7. The van der Waals surface area contributed by atoms with Gasteiger partial charge in [0, 0.05) is 29.7 Å². The first-order valence-electron chi connectivity index (χ1n) is 19.0. The maximum Gasteiger partial charge on any atom is 0.203 e. The van der Waals surface area contributed by atoms with Crippen molar-refractivity contribution in [2.45, 2.75) is 45.6 Å². The normalized spacial score (nSPS) is 13.2. The van der Waals surface area contributed by atoms with E-state index in [2.05, 4.69) is 0 Å². The van der Waals surface area contributed by atoms with Crippen LogP contribution in [0, 0.1) is 0 Å². The third kappa shape index (κ3) is 9.64. The highest BCUT2D eigenvalue weighted by Gasteiger charge is 2.34. The van der Waals surface area contributed by atoms with Gasteiger partial charge in [0.25, 0.3) is 0 Å². The molecule has 0 N–H and O–H groups in total. The highest BCUT2D eigenvalue weighted by molar-refractivity contribution is 5.90. The number of ketones is 1. The van der Waals surface area contributed by atoms with Gasteiger partial charge in [-0.1, -0.05) is 152 Å². The van der Waals surface area contributed by atoms with E-state index in [1.54, 1.807) is 0 Å². The van der Waals surface area contributed by atoms with Crippen molar-refractivity contribution in [3.63, 3.8) is 0 Å². The molecule has 1 aliphatic rings. The van der Waals surface area contributed by atoms with Gasteiger partial charge in [0.1, 0.15) is 50.3 Å². The third-order valence-electron chi connectivity index (χ3n) is 9.56. The first kappa shape index (κ1) is 37.0. The third-order valence-corrected chi connectivity index (χ3v) is 9.56. The lowest BCUT2D eigenvalue weighted by Gasteiger charge is -2.28. The van der Waals surface area contributed by atoms with Gasteiger partial charge >= 0.3 is 0 Å². The standard InChI is InChI=1S/C50H42O7/c51-44-30-43-45(53-32-37-18-8-2-9-19-37)28-42(52-31-36-16-6-1-7-17-36)29-46(43)57-49(44)41-26-47(54-33-38-20-10-3-11-21-38)50(56-35-40-24-14-5-15-25-40)48(27-41)55-34-39-22-12-4-13-23-39/h1-29,49H,30-35H2. The first-order valence-corrected chi connectivity index (χ1v) is 19.0. The van der Waals surface area contributed by atoms with Crippen LogP contribution in [-0.4, -0.2) is 5.78 Å². The Kier molecular flexibility index (Phi) is 11.7. The fourth-order valence-corrected chi connectivity index (χ4v) is 6.58. The number of Topliss-reactive ketones (excluding diaryl/α,β-unsaturated/α-hetero) is 1. The van der Waals surface area contributed by atoms with Gasteiger partial charge in [-0.05, 0) is 39.9 Å². The molecule has 1 atom stereocenters. The van der Waals surface area contributed by atoms with Crippen LogP contribution >= 0.6 is 0 Å². The Balaban J connectivity index is 1.15. The Labute approximate surface area is 333 Å². The van der Waals surface area contributed by atoms with Crippen LogP contribution in [0.4, 0.5) is 0 Å². The summed E-state index contributed by atoms with van der Waals surface area (Å²) in [5, 5.41) is 0. The van der Waals surface area contributed by atoms with Gasteiger partial charge in [-0.15, -0.1) is 0 Å². The molecule has 7 nitrogen and oxygen atoms in total. The van der Waals surface area contributed by atoms with Crippen molar-refractivity contribution < 1.29 is 33.2 Å². The number of benzene rings is 7. The summed E-state index contributed by atoms with van der Waals surface area (Å²) < 4.78 is 38.8. The Hall–Kier alpha value is -6.99. The summed E-state index contributed by atoms with van der Waals surface area (Å²) in [5.74, 6) is 2.79. The first-order chi connectivity index (χ1) is 28.1. The molecule has 0 spiro atoms. The van der Waals surface area contributed by atoms with Crippen molar-refractivity contribution in [3.8, 4) is 34.5 Å². The summed E-state index contributed by atoms with van der Waals surface area (Å²) in [4.78, 5) is 14.2. The molecule has 0 saturated carbocycles. The van der Waals surface area contributed by atoms with Crippen LogP contribution in [0.3, 0.4) is 0 Å². The monoisotopic (exact) mass is 754 g/mol. The summed E-state index contributed by atoms with van der Waals surface area (Å²) in [6.45, 7) is 1.51. The molecule has 1 heterocycles. The van der Waals surface area contributed by atoms with Gasteiger partial charge in [-0.2, -0.15) is 0 Å². The van der Waals surface area contributed by atoms with E-state index in [9.17, 15) is 4.79 Å². The summed E-state index contributed by atoms with van der Waals surface area (Å²) in [7, 11) is 0. The maximum absolute atomic E-state index is 14.2. The van der Waals surface area contributed by atoms with Crippen LogP contribution in [0.15, 0.2) is 176 Å². The molecule has 0 bridgehead atoms. The molecule has 0 aromatic heterocycles. The number of rotatable bonds is 16. The van der Waals surface area contributed by atoms with E-state index in [4.69, 9.17) is 28.4 Å². The van der Waals surface area contributed by atoms with E-state index >= 15 is 0 Å². The van der Waals surface area contributed by atoms with Crippen molar-refractivity contribution in [2.75, 3.05) is 0 Å². The second-order valence-electron chi connectivity index (χ2n) is 13.8. The highest BCUT2D eigenvalue weighted by atomic mass is 16.5. The molecule has 7 aromatic carbocycles. The fourth-order valence-electron chi connectivity index (χ4n) is 6.58. The number of carbonyl (C=O) groups excluding carboxylic acids is 1. The molecule has 0 aliphatic carbocycles. The SMILES string of the molecule is O=C1Cc2c(OCc3ccccc3)cc(OCc3ccccc3)cc2OC1c1cc(OCc2ccccc2)c(OCc2ccccc2)c(OCc2ccccc2)c1. The van der Waals surface area contributed by atoms with Crippen molar-refractivity contribution in [1.29, 1.82) is 0 Å². The van der Waals surface area contributed by atoms with Gasteiger partial charge < -0.3 is 28.4 Å². The average Bonchev–Trinajstić information content (AvgIpc) is 3.27. The van der Waals surface area contributed by atoms with Gasteiger partial charge in [-0.3, -0.25) is 4.79 Å².